The molecule has 0 radical (unpaired) electrons. The van der Waals surface area contributed by atoms with Gasteiger partial charge in [0.25, 0.3) is 5.91 Å². The number of alkyl halides is 3. The molecule has 0 spiro atoms. The predicted molar refractivity (Wildman–Crippen MR) is 160 cm³/mol. The minimum Gasteiger partial charge on any atom is -0.383 e. The van der Waals surface area contributed by atoms with Gasteiger partial charge in [-0.05, 0) is 51.0 Å². The number of amides is 2. The summed E-state index contributed by atoms with van der Waals surface area (Å²) >= 11 is 0. The highest BCUT2D eigenvalue weighted by atomic mass is 19.4. The largest absolute Gasteiger partial charge is 0.416 e. The van der Waals surface area contributed by atoms with E-state index < -0.39 is 17.6 Å². The predicted octanol–water partition coefficient (Wildman–Crippen LogP) is 5.45. The molecule has 13 heteroatoms. The summed E-state index contributed by atoms with van der Waals surface area (Å²) < 4.78 is 46.8. The third kappa shape index (κ3) is 7.05. The number of benzene rings is 1. The second kappa shape index (κ2) is 12.8. The lowest BCUT2D eigenvalue weighted by Gasteiger charge is -2.15. The number of nitrogens with two attached hydrogens (primary N) is 1. The van der Waals surface area contributed by atoms with Crippen LogP contribution >= 0.6 is 0 Å². The molecule has 2 amide bonds. The highest BCUT2D eigenvalue weighted by Gasteiger charge is 2.31. The number of carbonyl (C=O) groups excluding carboxylic acids is 2. The molecule has 3 aromatic heterocycles. The lowest BCUT2D eigenvalue weighted by molar-refractivity contribution is -0.137. The van der Waals surface area contributed by atoms with E-state index in [9.17, 15) is 22.8 Å². The average Bonchev–Trinajstić information content (AvgIpc) is 3.37. The number of ether oxygens (including phenoxy) is 1. The van der Waals surface area contributed by atoms with Crippen LogP contribution in [0.3, 0.4) is 0 Å². The number of aryl methyl sites for hydroxylation is 1. The van der Waals surface area contributed by atoms with Gasteiger partial charge in [-0.15, -0.1) is 0 Å². The number of aromatic nitrogens is 4. The van der Waals surface area contributed by atoms with Gasteiger partial charge in [-0.3, -0.25) is 14.3 Å². The highest BCUT2D eigenvalue weighted by molar-refractivity contribution is 6.06. The summed E-state index contributed by atoms with van der Waals surface area (Å²) in [5.74, 6) is -0.625. The SMILES string of the molecule is C[C@@H]1CCn2nc(-c3ccc(C(=O)Nc4cc(C(F)(F)F)ccn4)cc3)c3c(N)ncc(c32)/C=C/C[C@H](C)OCCC(=O)N1. The van der Waals surface area contributed by atoms with E-state index in [0.717, 1.165) is 29.4 Å². The molecule has 1 aromatic carbocycles. The maximum absolute atomic E-state index is 13.1. The molecular formula is C31H32F3N7O3. The highest BCUT2D eigenvalue weighted by Crippen LogP contribution is 2.34. The van der Waals surface area contributed by atoms with Gasteiger partial charge >= 0.3 is 6.18 Å². The minimum atomic E-state index is -4.56. The molecule has 0 unspecified atom stereocenters. The quantitative estimate of drug-likeness (QED) is 0.282. The monoisotopic (exact) mass is 607 g/mol. The van der Waals surface area contributed by atoms with E-state index in [1.165, 1.54) is 0 Å². The van der Waals surface area contributed by atoms with Gasteiger partial charge in [0.15, 0.2) is 0 Å². The summed E-state index contributed by atoms with van der Waals surface area (Å²) in [5.41, 5.74) is 8.51. The lowest BCUT2D eigenvalue weighted by atomic mass is 10.0. The Kier molecular flexibility index (Phi) is 8.95. The van der Waals surface area contributed by atoms with Crippen molar-refractivity contribution in [3.05, 3.63) is 71.6 Å². The minimum absolute atomic E-state index is 0.0803. The first-order chi connectivity index (χ1) is 21.0. The smallest absolute Gasteiger partial charge is 0.383 e. The van der Waals surface area contributed by atoms with Crippen LogP contribution in [0.5, 0.6) is 0 Å². The van der Waals surface area contributed by atoms with Crippen molar-refractivity contribution in [2.75, 3.05) is 17.7 Å². The fraction of sp³-hybridized carbons (Fsp3) is 0.323. The lowest BCUT2D eigenvalue weighted by Crippen LogP contribution is -2.34. The van der Waals surface area contributed by atoms with Gasteiger partial charge < -0.3 is 21.1 Å². The maximum Gasteiger partial charge on any atom is 0.416 e. The fourth-order valence-corrected chi connectivity index (χ4v) is 4.93. The van der Waals surface area contributed by atoms with E-state index in [1.807, 2.05) is 30.7 Å². The van der Waals surface area contributed by atoms with Crippen molar-refractivity contribution >= 4 is 40.4 Å². The standard InChI is InChI=1S/C31H32F3N7O3/c1-18-11-14-41-28-22(5-3-4-19(2)44-15-12-25(42)38-18)17-37-29(35)26(28)27(40-41)20-6-8-21(9-7-20)30(43)39-24-16-23(10-13-36-24)31(32,33)34/h3,5-10,13,16-19H,4,11-12,14-15H2,1-2H3,(H2,35,37)(H,38,42)(H,36,39,43)/b5-3+/t18-,19+/m1/s1. The Balaban J connectivity index is 1.47. The number of carbonyl (C=O) groups is 2. The Morgan fingerprint density at radius 3 is 2.68 bits per heavy atom. The molecule has 0 saturated carbocycles. The third-order valence-electron chi connectivity index (χ3n) is 7.25. The molecule has 1 aliphatic heterocycles. The summed E-state index contributed by atoms with van der Waals surface area (Å²) in [4.78, 5) is 33.4. The van der Waals surface area contributed by atoms with Crippen molar-refractivity contribution < 1.29 is 27.5 Å². The molecule has 1 aliphatic rings. The van der Waals surface area contributed by atoms with E-state index in [0.29, 0.717) is 42.6 Å². The van der Waals surface area contributed by atoms with E-state index in [-0.39, 0.29) is 41.7 Å². The zero-order chi connectivity index (χ0) is 31.4. The van der Waals surface area contributed by atoms with Crippen LogP contribution in [0, 0.1) is 0 Å². The number of hydrogen-bond donors (Lipinski definition) is 3. The van der Waals surface area contributed by atoms with Crippen molar-refractivity contribution in [1.29, 1.82) is 0 Å². The number of nitrogens with zero attached hydrogens (tertiary/aromatic N) is 4. The third-order valence-corrected chi connectivity index (χ3v) is 7.25. The Labute approximate surface area is 251 Å². The van der Waals surface area contributed by atoms with Crippen molar-refractivity contribution in [2.45, 2.75) is 58.0 Å². The topological polar surface area (TPSA) is 137 Å². The second-order valence-electron chi connectivity index (χ2n) is 10.7. The molecule has 44 heavy (non-hydrogen) atoms. The van der Waals surface area contributed by atoms with Crippen molar-refractivity contribution in [3.63, 3.8) is 0 Å². The molecule has 2 atom stereocenters. The number of rotatable bonds is 3. The normalized spacial score (nSPS) is 19.1. The van der Waals surface area contributed by atoms with Crippen LogP contribution in [0.2, 0.25) is 0 Å². The van der Waals surface area contributed by atoms with Gasteiger partial charge in [0.2, 0.25) is 5.91 Å². The van der Waals surface area contributed by atoms with E-state index >= 15 is 0 Å². The molecular weight excluding hydrogens is 575 g/mol. The van der Waals surface area contributed by atoms with Crippen LogP contribution in [0.1, 0.15) is 54.6 Å². The summed E-state index contributed by atoms with van der Waals surface area (Å²) in [6.45, 7) is 4.71. The molecule has 0 bridgehead atoms. The summed E-state index contributed by atoms with van der Waals surface area (Å²) in [5, 5.41) is 10.9. The average molecular weight is 608 g/mol. The first-order valence-electron chi connectivity index (χ1n) is 14.2. The van der Waals surface area contributed by atoms with Crippen LogP contribution < -0.4 is 16.4 Å². The van der Waals surface area contributed by atoms with Gasteiger partial charge in [0.1, 0.15) is 17.3 Å². The number of nitrogens with one attached hydrogen (secondary N) is 2. The Hall–Kier alpha value is -4.78. The number of halogens is 3. The maximum atomic E-state index is 13.1. The molecule has 230 valence electrons. The number of nitrogen functional groups attached to an aromatic ring is 1. The van der Waals surface area contributed by atoms with Crippen molar-refractivity contribution in [2.24, 2.45) is 0 Å². The number of pyridine rings is 2. The van der Waals surface area contributed by atoms with E-state index in [1.54, 1.807) is 30.5 Å². The molecule has 4 aromatic rings. The Morgan fingerprint density at radius 2 is 1.93 bits per heavy atom. The molecule has 10 nitrogen and oxygen atoms in total. The number of anilines is 2. The summed E-state index contributed by atoms with van der Waals surface area (Å²) in [6, 6.07) is 7.97. The van der Waals surface area contributed by atoms with Gasteiger partial charge in [0.05, 0.1) is 29.2 Å². The van der Waals surface area contributed by atoms with Crippen LogP contribution in [-0.4, -0.2) is 50.3 Å². The number of hydrogen-bond acceptors (Lipinski definition) is 7. The fourth-order valence-electron chi connectivity index (χ4n) is 4.93. The molecule has 0 aliphatic carbocycles. The first kappa shape index (κ1) is 30.7. The van der Waals surface area contributed by atoms with Crippen LogP contribution in [0.25, 0.3) is 28.2 Å². The van der Waals surface area contributed by atoms with Gasteiger partial charge in [-0.25, -0.2) is 9.97 Å². The van der Waals surface area contributed by atoms with E-state index in [4.69, 9.17) is 15.6 Å². The Morgan fingerprint density at radius 1 is 1.16 bits per heavy atom. The molecule has 0 fully saturated rings. The van der Waals surface area contributed by atoms with E-state index in [2.05, 4.69) is 20.6 Å². The summed E-state index contributed by atoms with van der Waals surface area (Å²) in [7, 11) is 0. The van der Waals surface area contributed by atoms with Crippen LogP contribution in [-0.2, 0) is 22.3 Å². The van der Waals surface area contributed by atoms with Gasteiger partial charge in [-0.1, -0.05) is 24.3 Å². The van der Waals surface area contributed by atoms with Crippen molar-refractivity contribution in [1.82, 2.24) is 25.1 Å². The van der Waals surface area contributed by atoms with Crippen LogP contribution in [0.15, 0.2) is 54.9 Å². The molecule has 4 heterocycles. The zero-order valence-corrected chi connectivity index (χ0v) is 24.2. The molecule has 4 N–H and O–H groups in total. The van der Waals surface area contributed by atoms with Gasteiger partial charge in [0, 0.05) is 48.1 Å². The van der Waals surface area contributed by atoms with Crippen molar-refractivity contribution in [3.8, 4) is 11.3 Å². The first-order valence-corrected chi connectivity index (χ1v) is 14.2. The second-order valence-corrected chi connectivity index (χ2v) is 10.7. The molecule has 0 saturated heterocycles. The zero-order valence-electron chi connectivity index (χ0n) is 24.2. The van der Waals surface area contributed by atoms with Gasteiger partial charge in [-0.2, -0.15) is 18.3 Å². The molecule has 5 rings (SSSR count). The summed E-state index contributed by atoms with van der Waals surface area (Å²) in [6.07, 6.45) is 3.50. The Bertz CT molecular complexity index is 1700. The van der Waals surface area contributed by atoms with Crippen LogP contribution in [0.4, 0.5) is 24.8 Å².